The Morgan fingerprint density at radius 1 is 1.00 bits per heavy atom. The zero-order valence-corrected chi connectivity index (χ0v) is 19.5. The molecule has 0 aliphatic carbocycles. The van der Waals surface area contributed by atoms with Crippen LogP contribution in [-0.2, 0) is 17.9 Å². The molecule has 0 unspecified atom stereocenters. The molecule has 1 amide bonds. The number of benzene rings is 3. The molecule has 176 valence electrons. The van der Waals surface area contributed by atoms with Crippen LogP contribution in [0.15, 0.2) is 84.0 Å². The van der Waals surface area contributed by atoms with Gasteiger partial charge < -0.3 is 10.1 Å². The van der Waals surface area contributed by atoms with Crippen molar-refractivity contribution in [2.24, 2.45) is 0 Å². The fraction of sp³-hybridized carbons (Fsp3) is 0.154. The number of carbonyl (C=O) groups is 1. The lowest BCUT2D eigenvalue weighted by atomic mass is 10.0. The number of nitrogens with one attached hydrogen (secondary N) is 1. The number of hydrogen-bond donors (Lipinski definition) is 1. The van der Waals surface area contributed by atoms with E-state index in [1.807, 2.05) is 24.3 Å². The van der Waals surface area contributed by atoms with Crippen LogP contribution in [0.2, 0.25) is 5.02 Å². The van der Waals surface area contributed by atoms with Crippen molar-refractivity contribution in [2.75, 3.05) is 13.2 Å². The van der Waals surface area contributed by atoms with Gasteiger partial charge in [0.2, 0.25) is 0 Å². The first-order valence-electron chi connectivity index (χ1n) is 11.1. The highest BCUT2D eigenvalue weighted by Crippen LogP contribution is 2.19. The van der Waals surface area contributed by atoms with Crippen LogP contribution in [0.1, 0.15) is 5.56 Å². The summed E-state index contributed by atoms with van der Waals surface area (Å²) in [6.45, 7) is 0.993. The first-order chi connectivity index (χ1) is 17.1. The number of fused-ring (bicyclic) bond motifs is 2. The average Bonchev–Trinajstić information content (AvgIpc) is 3.29. The van der Waals surface area contributed by atoms with Gasteiger partial charge in [-0.2, -0.15) is 5.10 Å². The Hall–Kier alpha value is -4.17. The maximum Gasteiger partial charge on any atom is 0.264 e. The van der Waals surface area contributed by atoms with Gasteiger partial charge in [0.05, 0.1) is 19.3 Å². The Kier molecular flexibility index (Phi) is 6.45. The molecule has 0 radical (unpaired) electrons. The molecule has 9 heteroatoms. The maximum atomic E-state index is 13.1. The van der Waals surface area contributed by atoms with Crippen molar-refractivity contribution < 1.29 is 9.53 Å². The monoisotopic (exact) mass is 487 g/mol. The van der Waals surface area contributed by atoms with Gasteiger partial charge in [0.1, 0.15) is 17.5 Å². The summed E-state index contributed by atoms with van der Waals surface area (Å²) in [6.07, 6.45) is 3.07. The molecule has 3 aromatic carbocycles. The molecule has 0 saturated carbocycles. The lowest BCUT2D eigenvalue weighted by molar-refractivity contribution is -0.123. The summed E-state index contributed by atoms with van der Waals surface area (Å²) in [7, 11) is 0. The van der Waals surface area contributed by atoms with Gasteiger partial charge in [-0.15, -0.1) is 0 Å². The molecule has 0 spiro atoms. The SMILES string of the molecule is O=C(COc1ccc(Cl)cc1)NCCn1ncc2c(=O)n(Cc3cccc4ccccc34)cnc21. The number of rotatable bonds is 8. The van der Waals surface area contributed by atoms with Gasteiger partial charge in [0.15, 0.2) is 12.3 Å². The lowest BCUT2D eigenvalue weighted by Crippen LogP contribution is -2.31. The second kappa shape index (κ2) is 9.99. The Morgan fingerprint density at radius 3 is 2.66 bits per heavy atom. The topological polar surface area (TPSA) is 91.0 Å². The number of hydrogen-bond acceptors (Lipinski definition) is 5. The first kappa shape index (κ1) is 22.6. The van der Waals surface area contributed by atoms with E-state index in [2.05, 4.69) is 33.6 Å². The molecular weight excluding hydrogens is 466 g/mol. The van der Waals surface area contributed by atoms with E-state index in [0.717, 1.165) is 16.3 Å². The minimum atomic E-state index is -0.262. The minimum absolute atomic E-state index is 0.112. The van der Waals surface area contributed by atoms with Gasteiger partial charge in [-0.1, -0.05) is 54.1 Å². The summed E-state index contributed by atoms with van der Waals surface area (Å²) in [4.78, 5) is 29.6. The molecule has 2 heterocycles. The Bertz CT molecular complexity index is 1550. The zero-order chi connectivity index (χ0) is 24.2. The Morgan fingerprint density at radius 2 is 1.80 bits per heavy atom. The third-order valence-corrected chi connectivity index (χ3v) is 5.92. The van der Waals surface area contributed by atoms with Crippen molar-refractivity contribution in [2.45, 2.75) is 13.1 Å². The third kappa shape index (κ3) is 5.02. The van der Waals surface area contributed by atoms with Gasteiger partial charge in [0, 0.05) is 11.6 Å². The van der Waals surface area contributed by atoms with Gasteiger partial charge in [-0.25, -0.2) is 9.67 Å². The van der Waals surface area contributed by atoms with E-state index in [1.165, 1.54) is 6.20 Å². The number of carbonyl (C=O) groups excluding carboxylic acids is 1. The van der Waals surface area contributed by atoms with Crippen LogP contribution in [0.5, 0.6) is 5.75 Å². The third-order valence-electron chi connectivity index (χ3n) is 5.67. The van der Waals surface area contributed by atoms with E-state index in [4.69, 9.17) is 16.3 Å². The molecule has 5 rings (SSSR count). The molecule has 0 fully saturated rings. The largest absolute Gasteiger partial charge is 0.484 e. The lowest BCUT2D eigenvalue weighted by Gasteiger charge is -2.10. The number of ether oxygens (including phenoxy) is 1. The van der Waals surface area contributed by atoms with E-state index in [1.54, 1.807) is 39.8 Å². The van der Waals surface area contributed by atoms with Gasteiger partial charge in [-0.3, -0.25) is 14.2 Å². The molecule has 0 aliphatic heterocycles. The van der Waals surface area contributed by atoms with Crippen molar-refractivity contribution in [1.82, 2.24) is 24.6 Å². The van der Waals surface area contributed by atoms with Crippen molar-refractivity contribution >= 4 is 39.3 Å². The number of halogens is 1. The second-order valence-electron chi connectivity index (χ2n) is 8.01. The fourth-order valence-corrected chi connectivity index (χ4v) is 4.05. The summed E-state index contributed by atoms with van der Waals surface area (Å²) in [5.74, 6) is 0.299. The maximum absolute atomic E-state index is 13.1. The summed E-state index contributed by atoms with van der Waals surface area (Å²) in [6, 6.07) is 20.9. The van der Waals surface area contributed by atoms with Crippen LogP contribution >= 0.6 is 11.6 Å². The summed E-state index contributed by atoms with van der Waals surface area (Å²) >= 11 is 5.84. The van der Waals surface area contributed by atoms with E-state index >= 15 is 0 Å². The van der Waals surface area contributed by atoms with Gasteiger partial charge in [-0.05, 0) is 40.6 Å². The van der Waals surface area contributed by atoms with Crippen LogP contribution in [0.25, 0.3) is 21.8 Å². The number of aromatic nitrogens is 4. The molecule has 0 saturated heterocycles. The minimum Gasteiger partial charge on any atom is -0.484 e. The van der Waals surface area contributed by atoms with Crippen LogP contribution in [0.3, 0.4) is 0 Å². The van der Waals surface area contributed by atoms with Crippen LogP contribution in [-0.4, -0.2) is 38.4 Å². The number of nitrogens with zero attached hydrogens (tertiary/aromatic N) is 4. The summed E-state index contributed by atoms with van der Waals surface area (Å²) in [5.41, 5.74) is 1.37. The smallest absolute Gasteiger partial charge is 0.264 e. The predicted molar refractivity (Wildman–Crippen MR) is 135 cm³/mol. The van der Waals surface area contributed by atoms with Crippen molar-refractivity contribution in [3.8, 4) is 5.75 Å². The van der Waals surface area contributed by atoms with E-state index in [-0.39, 0.29) is 18.1 Å². The molecule has 5 aromatic rings. The first-order valence-corrected chi connectivity index (χ1v) is 11.5. The zero-order valence-electron chi connectivity index (χ0n) is 18.7. The highest BCUT2D eigenvalue weighted by Gasteiger charge is 2.12. The molecule has 35 heavy (non-hydrogen) atoms. The van der Waals surface area contributed by atoms with Crippen molar-refractivity contribution in [3.63, 3.8) is 0 Å². The van der Waals surface area contributed by atoms with Crippen molar-refractivity contribution in [1.29, 1.82) is 0 Å². The second-order valence-corrected chi connectivity index (χ2v) is 8.45. The number of amides is 1. The van der Waals surface area contributed by atoms with E-state index in [0.29, 0.717) is 41.4 Å². The summed E-state index contributed by atoms with van der Waals surface area (Å²) < 4.78 is 8.64. The van der Waals surface area contributed by atoms with Crippen molar-refractivity contribution in [3.05, 3.63) is 100 Å². The van der Waals surface area contributed by atoms with Crippen LogP contribution in [0, 0.1) is 0 Å². The molecular formula is C26H22ClN5O3. The molecule has 0 bridgehead atoms. The van der Waals surface area contributed by atoms with Gasteiger partial charge in [0.25, 0.3) is 11.5 Å². The fourth-order valence-electron chi connectivity index (χ4n) is 3.92. The molecule has 0 atom stereocenters. The molecule has 1 N–H and O–H groups in total. The quantitative estimate of drug-likeness (QED) is 0.361. The highest BCUT2D eigenvalue weighted by atomic mass is 35.5. The standard InChI is InChI=1S/C26H22ClN5O3/c27-20-8-10-21(11-9-20)35-16-24(33)28-12-13-32-25-23(14-30-32)26(34)31(17-29-25)15-19-6-3-5-18-4-1-2-7-22(18)19/h1-11,14,17H,12-13,15-16H2,(H,28,33). The highest BCUT2D eigenvalue weighted by molar-refractivity contribution is 6.30. The Balaban J connectivity index is 1.23. The van der Waals surface area contributed by atoms with Gasteiger partial charge >= 0.3 is 0 Å². The predicted octanol–water partition coefficient (Wildman–Crippen LogP) is 3.64. The average molecular weight is 488 g/mol. The Labute approximate surface area is 205 Å². The van der Waals surface area contributed by atoms with E-state index in [9.17, 15) is 9.59 Å². The molecule has 2 aromatic heterocycles. The van der Waals surface area contributed by atoms with E-state index < -0.39 is 0 Å². The van der Waals surface area contributed by atoms with Crippen LogP contribution < -0.4 is 15.6 Å². The normalized spacial score (nSPS) is 11.1. The molecule has 0 aliphatic rings. The molecule has 8 nitrogen and oxygen atoms in total. The van der Waals surface area contributed by atoms with Crippen LogP contribution in [0.4, 0.5) is 0 Å². The summed E-state index contributed by atoms with van der Waals surface area (Å²) in [5, 5.41) is 10.3.